The highest BCUT2D eigenvalue weighted by molar-refractivity contribution is 7.91. The minimum Gasteiger partial charge on any atom is -0.465 e. The lowest BCUT2D eigenvalue weighted by atomic mass is 9.72. The van der Waals surface area contributed by atoms with Gasteiger partial charge < -0.3 is 9.47 Å². The van der Waals surface area contributed by atoms with E-state index in [1.54, 1.807) is 13.8 Å². The molecule has 6 nitrogen and oxygen atoms in total. The van der Waals surface area contributed by atoms with Gasteiger partial charge in [0.15, 0.2) is 15.3 Å². The maximum atomic E-state index is 12.4. The Morgan fingerprint density at radius 3 is 2.10 bits per heavy atom. The van der Waals surface area contributed by atoms with Crippen molar-refractivity contribution in [2.45, 2.75) is 26.7 Å². The molecule has 1 unspecified atom stereocenters. The van der Waals surface area contributed by atoms with Gasteiger partial charge in [0, 0.05) is 12.3 Å². The van der Waals surface area contributed by atoms with Crippen molar-refractivity contribution in [3.05, 3.63) is 0 Å². The molecule has 1 aliphatic rings. The first-order valence-electron chi connectivity index (χ1n) is 6.82. The summed E-state index contributed by atoms with van der Waals surface area (Å²) in [5.41, 5.74) is -1.73. The molecule has 1 atom stereocenters. The van der Waals surface area contributed by atoms with Crippen LogP contribution in [0.5, 0.6) is 0 Å². The first-order chi connectivity index (χ1) is 9.84. The molecule has 0 radical (unpaired) electrons. The van der Waals surface area contributed by atoms with Crippen LogP contribution in [0.25, 0.3) is 0 Å². The molecule has 118 valence electrons. The van der Waals surface area contributed by atoms with Crippen molar-refractivity contribution in [3.63, 3.8) is 0 Å². The molecular formula is C14H20O6S. The normalized spacial score (nSPS) is 20.5. The Labute approximate surface area is 125 Å². The lowest BCUT2D eigenvalue weighted by Gasteiger charge is -2.32. The van der Waals surface area contributed by atoms with Crippen LogP contribution in [0, 0.1) is 23.7 Å². The Bertz CT molecular complexity index is 524. The van der Waals surface area contributed by atoms with Crippen molar-refractivity contribution >= 4 is 21.8 Å². The number of rotatable bonds is 6. The monoisotopic (exact) mass is 316 g/mol. The van der Waals surface area contributed by atoms with Crippen molar-refractivity contribution in [1.29, 1.82) is 0 Å². The number of terminal acetylenes is 1. The van der Waals surface area contributed by atoms with E-state index in [2.05, 4.69) is 5.92 Å². The molecular weight excluding hydrogens is 296 g/mol. The van der Waals surface area contributed by atoms with Gasteiger partial charge in [-0.3, -0.25) is 9.59 Å². The Hall–Kier alpha value is -1.55. The average Bonchev–Trinajstić information content (AvgIpc) is 2.77. The van der Waals surface area contributed by atoms with Crippen LogP contribution < -0.4 is 0 Å². The van der Waals surface area contributed by atoms with Crippen molar-refractivity contribution in [2.75, 3.05) is 24.7 Å². The molecule has 0 bridgehead atoms. The largest absolute Gasteiger partial charge is 0.465 e. The van der Waals surface area contributed by atoms with Crippen molar-refractivity contribution in [2.24, 2.45) is 11.3 Å². The van der Waals surface area contributed by atoms with Crippen LogP contribution >= 0.6 is 0 Å². The number of esters is 2. The Kier molecular flexibility index (Phi) is 5.78. The second-order valence-electron chi connectivity index (χ2n) is 4.89. The van der Waals surface area contributed by atoms with Gasteiger partial charge in [-0.1, -0.05) is 0 Å². The number of hydrogen-bond donors (Lipinski definition) is 0. The zero-order chi connectivity index (χ0) is 16.1. The molecule has 0 spiro atoms. The van der Waals surface area contributed by atoms with Gasteiger partial charge in [-0.25, -0.2) is 8.42 Å². The molecule has 0 N–H and O–H groups in total. The summed E-state index contributed by atoms with van der Waals surface area (Å²) in [5, 5.41) is 0. The number of carbonyl (C=O) groups is 2. The van der Waals surface area contributed by atoms with E-state index in [4.69, 9.17) is 15.9 Å². The lowest BCUT2D eigenvalue weighted by molar-refractivity contribution is -0.175. The molecule has 1 aliphatic heterocycles. The van der Waals surface area contributed by atoms with Gasteiger partial charge >= 0.3 is 11.9 Å². The molecule has 1 fully saturated rings. The van der Waals surface area contributed by atoms with Gasteiger partial charge in [0.2, 0.25) is 0 Å². The predicted molar refractivity (Wildman–Crippen MR) is 75.9 cm³/mol. The molecule has 0 amide bonds. The summed E-state index contributed by atoms with van der Waals surface area (Å²) >= 11 is 0. The van der Waals surface area contributed by atoms with Crippen LogP contribution in [-0.2, 0) is 28.9 Å². The number of sulfone groups is 1. The van der Waals surface area contributed by atoms with Crippen molar-refractivity contribution in [1.82, 2.24) is 0 Å². The molecule has 0 saturated carbocycles. The summed E-state index contributed by atoms with van der Waals surface area (Å²) in [4.78, 5) is 24.7. The Balaban J connectivity index is 3.27. The molecule has 0 aromatic carbocycles. The minimum atomic E-state index is -3.28. The van der Waals surface area contributed by atoms with Crippen LogP contribution in [0.15, 0.2) is 0 Å². The molecule has 1 rings (SSSR count). The predicted octanol–water partition coefficient (Wildman–Crippen LogP) is 0.557. The fourth-order valence-electron chi connectivity index (χ4n) is 2.57. The fraction of sp³-hybridized carbons (Fsp3) is 0.714. The third-order valence-electron chi connectivity index (χ3n) is 3.59. The van der Waals surface area contributed by atoms with Gasteiger partial charge in [-0.05, 0) is 20.3 Å². The molecule has 0 aromatic rings. The third-order valence-corrected chi connectivity index (χ3v) is 5.36. The van der Waals surface area contributed by atoms with Crippen molar-refractivity contribution < 1.29 is 27.5 Å². The van der Waals surface area contributed by atoms with Crippen LogP contribution in [-0.4, -0.2) is 45.1 Å². The van der Waals surface area contributed by atoms with E-state index in [0.717, 1.165) is 0 Å². The highest BCUT2D eigenvalue weighted by Gasteiger charge is 2.57. The third kappa shape index (κ3) is 3.56. The van der Waals surface area contributed by atoms with Gasteiger partial charge in [0.05, 0.1) is 24.7 Å². The molecule has 21 heavy (non-hydrogen) atoms. The molecule has 0 aromatic heterocycles. The van der Waals surface area contributed by atoms with Gasteiger partial charge in [0.25, 0.3) is 0 Å². The van der Waals surface area contributed by atoms with E-state index < -0.39 is 33.1 Å². The van der Waals surface area contributed by atoms with E-state index in [0.29, 0.717) is 0 Å². The summed E-state index contributed by atoms with van der Waals surface area (Å²) in [6.45, 7) is 3.36. The first-order valence-corrected chi connectivity index (χ1v) is 8.64. The summed E-state index contributed by atoms with van der Waals surface area (Å²) in [6.07, 6.45) is 5.27. The number of ether oxygens (including phenoxy) is 2. The molecule has 7 heteroatoms. The quantitative estimate of drug-likeness (QED) is 0.404. The topological polar surface area (TPSA) is 86.7 Å². The Morgan fingerprint density at radius 1 is 1.24 bits per heavy atom. The molecule has 1 heterocycles. The Morgan fingerprint density at radius 2 is 1.76 bits per heavy atom. The summed E-state index contributed by atoms with van der Waals surface area (Å²) in [5.74, 6) is -0.345. The zero-order valence-electron chi connectivity index (χ0n) is 12.3. The molecule has 0 aliphatic carbocycles. The van der Waals surface area contributed by atoms with Gasteiger partial charge in [-0.15, -0.1) is 12.3 Å². The maximum absolute atomic E-state index is 12.4. The van der Waals surface area contributed by atoms with Crippen LogP contribution in [0.2, 0.25) is 0 Å². The summed E-state index contributed by atoms with van der Waals surface area (Å²) < 4.78 is 33.3. The fourth-order valence-corrected chi connectivity index (χ4v) is 4.44. The van der Waals surface area contributed by atoms with E-state index >= 15 is 0 Å². The van der Waals surface area contributed by atoms with Gasteiger partial charge in [-0.2, -0.15) is 0 Å². The van der Waals surface area contributed by atoms with Crippen LogP contribution in [0.3, 0.4) is 0 Å². The standard InChI is InChI=1S/C14H20O6S/c1-4-8-14(12(15)19-5-2,13(16)20-6-3)11-7-9-21(17,18)10-11/h1,11H,5-10H2,2-3H3. The second kappa shape index (κ2) is 6.94. The van der Waals surface area contributed by atoms with E-state index in [9.17, 15) is 18.0 Å². The van der Waals surface area contributed by atoms with Gasteiger partial charge in [0.1, 0.15) is 0 Å². The zero-order valence-corrected chi connectivity index (χ0v) is 13.1. The highest BCUT2D eigenvalue weighted by Crippen LogP contribution is 2.41. The minimum absolute atomic E-state index is 0.0667. The van der Waals surface area contributed by atoms with E-state index in [1.165, 1.54) is 0 Å². The summed E-state index contributed by atoms with van der Waals surface area (Å²) in [6, 6.07) is 0. The average molecular weight is 316 g/mol. The second-order valence-corrected chi connectivity index (χ2v) is 7.12. The van der Waals surface area contributed by atoms with Crippen molar-refractivity contribution in [3.8, 4) is 12.3 Å². The van der Waals surface area contributed by atoms with Crippen LogP contribution in [0.4, 0.5) is 0 Å². The number of carbonyl (C=O) groups excluding carboxylic acids is 2. The highest BCUT2D eigenvalue weighted by atomic mass is 32.2. The summed E-state index contributed by atoms with van der Waals surface area (Å²) in [7, 11) is -3.28. The lowest BCUT2D eigenvalue weighted by Crippen LogP contribution is -2.48. The molecule has 1 saturated heterocycles. The first kappa shape index (κ1) is 17.5. The maximum Gasteiger partial charge on any atom is 0.324 e. The number of hydrogen-bond acceptors (Lipinski definition) is 6. The smallest absolute Gasteiger partial charge is 0.324 e. The SMILES string of the molecule is C#CCC(C(=O)OCC)(C(=O)OCC)C1CCS(=O)(=O)C1. The van der Waals surface area contributed by atoms with Crippen LogP contribution in [0.1, 0.15) is 26.7 Å². The van der Waals surface area contributed by atoms with E-state index in [1.807, 2.05) is 0 Å². The van der Waals surface area contributed by atoms with E-state index in [-0.39, 0.29) is 37.6 Å².